The summed E-state index contributed by atoms with van der Waals surface area (Å²) < 4.78 is 5.37. The van der Waals surface area contributed by atoms with Crippen LogP contribution in [0.15, 0.2) is 23.6 Å². The number of aryl methyl sites for hydroxylation is 2. The van der Waals surface area contributed by atoms with Crippen molar-refractivity contribution in [2.24, 2.45) is 5.73 Å². The topological polar surface area (TPSA) is 48.1 Å². The third kappa shape index (κ3) is 2.89. The molecule has 1 aromatic heterocycles. The molecule has 1 unspecified atom stereocenters. The van der Waals surface area contributed by atoms with E-state index in [1.807, 2.05) is 24.4 Å². The third-order valence-corrected chi connectivity index (χ3v) is 3.68. The highest BCUT2D eigenvalue weighted by Gasteiger charge is 2.13. The van der Waals surface area contributed by atoms with E-state index in [0.29, 0.717) is 0 Å². The van der Waals surface area contributed by atoms with E-state index < -0.39 is 0 Å². The lowest BCUT2D eigenvalue weighted by molar-refractivity contribution is 0.408. The lowest BCUT2D eigenvalue weighted by Crippen LogP contribution is -2.14. The molecule has 0 fully saturated rings. The number of benzene rings is 1. The van der Waals surface area contributed by atoms with Crippen LogP contribution in [0.3, 0.4) is 0 Å². The van der Waals surface area contributed by atoms with E-state index in [4.69, 9.17) is 10.5 Å². The molecular formula is C14H18N2OS. The molecule has 2 N–H and O–H groups in total. The average molecular weight is 262 g/mol. The highest BCUT2D eigenvalue weighted by molar-refractivity contribution is 7.09. The molecule has 0 saturated carbocycles. The summed E-state index contributed by atoms with van der Waals surface area (Å²) in [5, 5.41) is 3.08. The highest BCUT2D eigenvalue weighted by atomic mass is 32.1. The van der Waals surface area contributed by atoms with Crippen molar-refractivity contribution in [3.63, 3.8) is 0 Å². The number of methoxy groups -OCH3 is 1. The van der Waals surface area contributed by atoms with Crippen LogP contribution in [0.1, 0.15) is 27.9 Å². The zero-order valence-corrected chi connectivity index (χ0v) is 11.8. The maximum Gasteiger partial charge on any atom is 0.122 e. The molecule has 0 bridgehead atoms. The van der Waals surface area contributed by atoms with Crippen molar-refractivity contribution in [2.75, 3.05) is 7.11 Å². The minimum absolute atomic E-state index is 0.0781. The number of thiazole rings is 1. The Morgan fingerprint density at radius 1 is 1.39 bits per heavy atom. The molecular weight excluding hydrogens is 244 g/mol. The number of ether oxygens (including phenoxy) is 1. The summed E-state index contributed by atoms with van der Waals surface area (Å²) in [6, 6.07) is 6.08. The van der Waals surface area contributed by atoms with Crippen LogP contribution < -0.4 is 10.5 Å². The van der Waals surface area contributed by atoms with Crippen molar-refractivity contribution < 1.29 is 4.74 Å². The summed E-state index contributed by atoms with van der Waals surface area (Å²) in [4.78, 5) is 4.44. The van der Waals surface area contributed by atoms with E-state index in [1.165, 1.54) is 5.56 Å². The second-order valence-corrected chi connectivity index (χ2v) is 5.48. The number of hydrogen-bond donors (Lipinski definition) is 1. The number of nitrogens with two attached hydrogens (primary N) is 1. The SMILES string of the molecule is COc1ccc(C)cc1CC(N)c1csc(C)n1. The van der Waals surface area contributed by atoms with Crippen molar-refractivity contribution in [1.29, 1.82) is 0 Å². The Bertz CT molecular complexity index is 536. The molecule has 2 rings (SSSR count). The third-order valence-electron chi connectivity index (χ3n) is 2.89. The second-order valence-electron chi connectivity index (χ2n) is 4.42. The summed E-state index contributed by atoms with van der Waals surface area (Å²) >= 11 is 1.63. The molecule has 18 heavy (non-hydrogen) atoms. The Morgan fingerprint density at radius 3 is 2.78 bits per heavy atom. The Morgan fingerprint density at radius 2 is 2.17 bits per heavy atom. The lowest BCUT2D eigenvalue weighted by atomic mass is 10.0. The van der Waals surface area contributed by atoms with E-state index in [2.05, 4.69) is 18.0 Å². The molecule has 0 amide bonds. The molecule has 1 atom stereocenters. The van der Waals surface area contributed by atoms with E-state index in [1.54, 1.807) is 18.4 Å². The summed E-state index contributed by atoms with van der Waals surface area (Å²) in [5.41, 5.74) is 9.51. The molecule has 1 aromatic carbocycles. The minimum Gasteiger partial charge on any atom is -0.496 e. The first-order valence-corrected chi connectivity index (χ1v) is 6.79. The van der Waals surface area contributed by atoms with E-state index >= 15 is 0 Å². The quantitative estimate of drug-likeness (QED) is 0.921. The van der Waals surface area contributed by atoms with Crippen LogP contribution in [0.25, 0.3) is 0 Å². The van der Waals surface area contributed by atoms with E-state index in [9.17, 15) is 0 Å². The van der Waals surface area contributed by atoms with Gasteiger partial charge in [0.05, 0.1) is 23.9 Å². The molecule has 0 spiro atoms. The molecule has 4 heteroatoms. The van der Waals surface area contributed by atoms with Crippen molar-refractivity contribution in [3.05, 3.63) is 45.4 Å². The van der Waals surface area contributed by atoms with Gasteiger partial charge >= 0.3 is 0 Å². The van der Waals surface area contributed by atoms with Gasteiger partial charge in [-0.15, -0.1) is 11.3 Å². The fraction of sp³-hybridized carbons (Fsp3) is 0.357. The molecule has 2 aromatic rings. The number of nitrogens with zero attached hydrogens (tertiary/aromatic N) is 1. The molecule has 96 valence electrons. The molecule has 3 nitrogen and oxygen atoms in total. The van der Waals surface area contributed by atoms with Crippen molar-refractivity contribution >= 4 is 11.3 Å². The van der Waals surface area contributed by atoms with Crippen LogP contribution in [0, 0.1) is 13.8 Å². The molecule has 0 aliphatic rings. The lowest BCUT2D eigenvalue weighted by Gasteiger charge is -2.13. The first-order valence-electron chi connectivity index (χ1n) is 5.91. The van der Waals surface area contributed by atoms with Gasteiger partial charge in [-0.2, -0.15) is 0 Å². The fourth-order valence-corrected chi connectivity index (χ4v) is 2.64. The van der Waals surface area contributed by atoms with Crippen LogP contribution in [0.4, 0.5) is 0 Å². The largest absolute Gasteiger partial charge is 0.496 e. The summed E-state index contributed by atoms with van der Waals surface area (Å²) in [6.07, 6.45) is 0.744. The van der Waals surface area contributed by atoms with E-state index in [-0.39, 0.29) is 6.04 Å². The zero-order chi connectivity index (χ0) is 13.1. The van der Waals surface area contributed by atoms with Gasteiger partial charge in [0.15, 0.2) is 0 Å². The highest BCUT2D eigenvalue weighted by Crippen LogP contribution is 2.25. The van der Waals surface area contributed by atoms with Crippen molar-refractivity contribution in [2.45, 2.75) is 26.3 Å². The van der Waals surface area contributed by atoms with Crippen LogP contribution >= 0.6 is 11.3 Å². The molecule has 0 aliphatic carbocycles. The Balaban J connectivity index is 2.20. The number of hydrogen-bond acceptors (Lipinski definition) is 4. The Labute approximate surface area is 112 Å². The van der Waals surface area contributed by atoms with Gasteiger partial charge in [-0.25, -0.2) is 4.98 Å². The Kier molecular flexibility index (Phi) is 3.99. The summed E-state index contributed by atoms with van der Waals surface area (Å²) in [7, 11) is 1.69. The van der Waals surface area contributed by atoms with Crippen LogP contribution in [0.5, 0.6) is 5.75 Å². The smallest absolute Gasteiger partial charge is 0.122 e. The molecule has 0 aliphatic heterocycles. The van der Waals surface area contributed by atoms with Gasteiger partial charge in [-0.05, 0) is 31.9 Å². The van der Waals surface area contributed by atoms with E-state index in [0.717, 1.165) is 28.4 Å². The van der Waals surface area contributed by atoms with Crippen LogP contribution in [-0.2, 0) is 6.42 Å². The molecule has 1 heterocycles. The number of aromatic nitrogens is 1. The molecule has 0 radical (unpaired) electrons. The summed E-state index contributed by atoms with van der Waals surface area (Å²) in [6.45, 7) is 4.07. The van der Waals surface area contributed by atoms with Crippen molar-refractivity contribution in [1.82, 2.24) is 4.98 Å². The summed E-state index contributed by atoms with van der Waals surface area (Å²) in [5.74, 6) is 0.892. The monoisotopic (exact) mass is 262 g/mol. The minimum atomic E-state index is -0.0781. The predicted molar refractivity (Wildman–Crippen MR) is 75.2 cm³/mol. The van der Waals surface area contributed by atoms with Gasteiger partial charge in [-0.1, -0.05) is 17.7 Å². The van der Waals surface area contributed by atoms with Gasteiger partial charge in [0.1, 0.15) is 5.75 Å². The maximum absolute atomic E-state index is 6.20. The predicted octanol–water partition coefficient (Wildman–Crippen LogP) is 3.01. The normalized spacial score (nSPS) is 12.4. The van der Waals surface area contributed by atoms with Crippen LogP contribution in [0.2, 0.25) is 0 Å². The average Bonchev–Trinajstić information content (AvgIpc) is 2.76. The Hall–Kier alpha value is -1.39. The number of rotatable bonds is 4. The standard InChI is InChI=1S/C14H18N2OS/c1-9-4-5-14(17-3)11(6-9)7-12(15)13-8-18-10(2)16-13/h4-6,8,12H,7,15H2,1-3H3. The first-order chi connectivity index (χ1) is 8.60. The zero-order valence-electron chi connectivity index (χ0n) is 10.9. The fourth-order valence-electron chi connectivity index (χ4n) is 1.96. The van der Waals surface area contributed by atoms with Gasteiger partial charge in [-0.3, -0.25) is 0 Å². The van der Waals surface area contributed by atoms with Gasteiger partial charge in [0.25, 0.3) is 0 Å². The maximum atomic E-state index is 6.20. The van der Waals surface area contributed by atoms with Gasteiger partial charge in [0, 0.05) is 5.38 Å². The van der Waals surface area contributed by atoms with Crippen LogP contribution in [-0.4, -0.2) is 12.1 Å². The molecule has 0 saturated heterocycles. The van der Waals surface area contributed by atoms with Gasteiger partial charge < -0.3 is 10.5 Å². The van der Waals surface area contributed by atoms with Crippen molar-refractivity contribution in [3.8, 4) is 5.75 Å². The first kappa shape index (κ1) is 13.1. The van der Waals surface area contributed by atoms with Gasteiger partial charge in [0.2, 0.25) is 0 Å². The second kappa shape index (κ2) is 5.50.